The van der Waals surface area contributed by atoms with E-state index in [1.54, 1.807) is 6.07 Å². The van der Waals surface area contributed by atoms with Crippen LogP contribution in [-0.2, 0) is 0 Å². The van der Waals surface area contributed by atoms with Crippen LogP contribution in [-0.4, -0.2) is 5.78 Å². The minimum Gasteiger partial charge on any atom is -0.295 e. The second kappa shape index (κ2) is 4.91. The molecule has 0 aliphatic rings. The highest BCUT2D eigenvalue weighted by molar-refractivity contribution is 6.33. The lowest BCUT2D eigenvalue weighted by Crippen LogP contribution is -1.96. The lowest BCUT2D eigenvalue weighted by Gasteiger charge is -2.08. The molecule has 2 rings (SSSR count). The Kier molecular flexibility index (Phi) is 3.48. The quantitative estimate of drug-likeness (QED) is 0.720. The Morgan fingerprint density at radius 1 is 1.17 bits per heavy atom. The first-order valence-corrected chi connectivity index (χ1v) is 5.94. The maximum absolute atomic E-state index is 13.2. The molecule has 0 heterocycles. The highest BCUT2D eigenvalue weighted by Gasteiger charge is 2.09. The normalized spacial score (nSPS) is 10.4. The zero-order valence-corrected chi connectivity index (χ0v) is 10.9. The molecule has 2 aromatic carbocycles. The number of hydrogen-bond donors (Lipinski definition) is 0. The number of hydrogen-bond acceptors (Lipinski definition) is 1. The lowest BCUT2D eigenvalue weighted by molar-refractivity contribution is 0.101. The molecule has 0 aromatic heterocycles. The highest BCUT2D eigenvalue weighted by atomic mass is 35.5. The van der Waals surface area contributed by atoms with E-state index in [1.807, 2.05) is 19.1 Å². The van der Waals surface area contributed by atoms with Crippen molar-refractivity contribution in [1.29, 1.82) is 0 Å². The summed E-state index contributed by atoms with van der Waals surface area (Å²) in [4.78, 5) is 11.5. The topological polar surface area (TPSA) is 17.1 Å². The minimum atomic E-state index is -0.348. The Morgan fingerprint density at radius 3 is 2.56 bits per heavy atom. The van der Waals surface area contributed by atoms with Crippen molar-refractivity contribution in [3.05, 3.63) is 58.4 Å². The summed E-state index contributed by atoms with van der Waals surface area (Å²) >= 11 is 6.05. The number of aryl methyl sites for hydroxylation is 1. The number of benzene rings is 2. The Labute approximate surface area is 110 Å². The van der Waals surface area contributed by atoms with Crippen molar-refractivity contribution in [3.63, 3.8) is 0 Å². The number of carbonyl (C=O) groups excluding carboxylic acids is 1. The van der Waals surface area contributed by atoms with E-state index in [-0.39, 0.29) is 11.6 Å². The van der Waals surface area contributed by atoms with Gasteiger partial charge in [0.1, 0.15) is 5.82 Å². The molecular formula is C15H12ClFO. The van der Waals surface area contributed by atoms with Gasteiger partial charge in [0.2, 0.25) is 0 Å². The van der Waals surface area contributed by atoms with Crippen LogP contribution < -0.4 is 0 Å². The molecule has 3 heteroatoms. The molecule has 1 nitrogen and oxygen atoms in total. The van der Waals surface area contributed by atoms with Gasteiger partial charge in [0.15, 0.2) is 5.78 Å². The van der Waals surface area contributed by atoms with Crippen LogP contribution in [0.1, 0.15) is 22.8 Å². The van der Waals surface area contributed by atoms with Crippen molar-refractivity contribution in [2.45, 2.75) is 13.8 Å². The fourth-order valence-corrected chi connectivity index (χ4v) is 2.11. The molecule has 18 heavy (non-hydrogen) atoms. The number of rotatable bonds is 2. The Morgan fingerprint density at radius 2 is 1.89 bits per heavy atom. The monoisotopic (exact) mass is 262 g/mol. The van der Waals surface area contributed by atoms with Crippen LogP contribution >= 0.6 is 11.6 Å². The molecule has 0 radical (unpaired) electrons. The van der Waals surface area contributed by atoms with Gasteiger partial charge in [-0.3, -0.25) is 4.79 Å². The van der Waals surface area contributed by atoms with Crippen molar-refractivity contribution in [2.75, 3.05) is 0 Å². The van der Waals surface area contributed by atoms with Gasteiger partial charge < -0.3 is 0 Å². The van der Waals surface area contributed by atoms with E-state index in [9.17, 15) is 9.18 Å². The highest BCUT2D eigenvalue weighted by Crippen LogP contribution is 2.30. The third-order valence-electron chi connectivity index (χ3n) is 2.86. The maximum atomic E-state index is 13.2. The molecule has 0 saturated carbocycles. The third-order valence-corrected chi connectivity index (χ3v) is 3.19. The Balaban J connectivity index is 2.61. The molecule has 0 aliphatic carbocycles. The summed E-state index contributed by atoms with van der Waals surface area (Å²) in [6, 6.07) is 9.62. The largest absolute Gasteiger partial charge is 0.295 e. The summed E-state index contributed by atoms with van der Waals surface area (Å²) in [5, 5.41) is 0.467. The van der Waals surface area contributed by atoms with Gasteiger partial charge in [0.25, 0.3) is 0 Å². The average molecular weight is 263 g/mol. The van der Waals surface area contributed by atoms with Gasteiger partial charge >= 0.3 is 0 Å². The summed E-state index contributed by atoms with van der Waals surface area (Å²) in [5.74, 6) is -0.360. The van der Waals surface area contributed by atoms with Gasteiger partial charge in [0.05, 0.1) is 0 Å². The fraction of sp³-hybridized carbons (Fsp3) is 0.133. The third kappa shape index (κ3) is 2.44. The molecule has 2 aromatic rings. The molecule has 0 saturated heterocycles. The van der Waals surface area contributed by atoms with Crippen molar-refractivity contribution in [1.82, 2.24) is 0 Å². The van der Waals surface area contributed by atoms with Crippen molar-refractivity contribution >= 4 is 17.4 Å². The zero-order valence-electron chi connectivity index (χ0n) is 10.1. The SMILES string of the molecule is CC(=O)c1cc(-c2cc(F)ccc2Cl)ccc1C. The molecule has 0 bridgehead atoms. The van der Waals surface area contributed by atoms with Gasteiger partial charge in [-0.25, -0.2) is 4.39 Å². The standard InChI is InChI=1S/C15H12ClFO/c1-9-3-4-11(7-13(9)10(2)18)14-8-12(17)5-6-15(14)16/h3-8H,1-2H3. The zero-order chi connectivity index (χ0) is 13.3. The van der Waals surface area contributed by atoms with Gasteiger partial charge in [-0.15, -0.1) is 0 Å². The van der Waals surface area contributed by atoms with E-state index >= 15 is 0 Å². The minimum absolute atomic E-state index is 0.0122. The second-order valence-corrected chi connectivity index (χ2v) is 4.62. The predicted molar refractivity (Wildman–Crippen MR) is 71.6 cm³/mol. The first kappa shape index (κ1) is 12.8. The van der Waals surface area contributed by atoms with E-state index in [2.05, 4.69) is 0 Å². The summed E-state index contributed by atoms with van der Waals surface area (Å²) in [5.41, 5.74) is 2.88. The van der Waals surface area contributed by atoms with Crippen LogP contribution in [0, 0.1) is 12.7 Å². The van der Waals surface area contributed by atoms with Crippen molar-refractivity contribution in [2.24, 2.45) is 0 Å². The van der Waals surface area contributed by atoms with Gasteiger partial charge in [0, 0.05) is 16.1 Å². The van der Waals surface area contributed by atoms with Crippen molar-refractivity contribution in [3.8, 4) is 11.1 Å². The van der Waals surface area contributed by atoms with Crippen LogP contribution in [0.5, 0.6) is 0 Å². The molecule has 0 atom stereocenters. The van der Waals surface area contributed by atoms with E-state index in [0.717, 1.165) is 11.1 Å². The first-order valence-electron chi connectivity index (χ1n) is 5.56. The van der Waals surface area contributed by atoms with Crippen LogP contribution in [0.3, 0.4) is 0 Å². The lowest BCUT2D eigenvalue weighted by atomic mass is 9.98. The van der Waals surface area contributed by atoms with Crippen LogP contribution in [0.4, 0.5) is 4.39 Å². The van der Waals surface area contributed by atoms with E-state index in [1.165, 1.54) is 25.1 Å². The molecule has 0 spiro atoms. The number of ketones is 1. The molecular weight excluding hydrogens is 251 g/mol. The molecule has 0 aliphatic heterocycles. The molecule has 92 valence electrons. The van der Waals surface area contributed by atoms with Gasteiger partial charge in [-0.05, 0) is 49.2 Å². The van der Waals surface area contributed by atoms with E-state index < -0.39 is 0 Å². The van der Waals surface area contributed by atoms with E-state index in [4.69, 9.17) is 11.6 Å². The summed E-state index contributed by atoms with van der Waals surface area (Å²) < 4.78 is 13.2. The van der Waals surface area contributed by atoms with Crippen LogP contribution in [0.2, 0.25) is 5.02 Å². The smallest absolute Gasteiger partial charge is 0.160 e. The molecule has 0 amide bonds. The predicted octanol–water partition coefficient (Wildman–Crippen LogP) is 4.66. The van der Waals surface area contributed by atoms with Gasteiger partial charge in [-0.2, -0.15) is 0 Å². The maximum Gasteiger partial charge on any atom is 0.160 e. The molecule has 0 N–H and O–H groups in total. The summed E-state index contributed by atoms with van der Waals surface area (Å²) in [6.45, 7) is 3.38. The van der Waals surface area contributed by atoms with Crippen LogP contribution in [0.15, 0.2) is 36.4 Å². The molecule has 0 unspecified atom stereocenters. The summed E-state index contributed by atoms with van der Waals surface area (Å²) in [6.07, 6.45) is 0. The Bertz CT molecular complexity index is 620. The second-order valence-electron chi connectivity index (χ2n) is 4.21. The van der Waals surface area contributed by atoms with Crippen molar-refractivity contribution < 1.29 is 9.18 Å². The Hall–Kier alpha value is -1.67. The average Bonchev–Trinajstić information content (AvgIpc) is 2.33. The van der Waals surface area contributed by atoms with Crippen LogP contribution in [0.25, 0.3) is 11.1 Å². The number of Topliss-reactive ketones (excluding diaryl/α,β-unsaturated/α-hetero) is 1. The molecule has 0 fully saturated rings. The van der Waals surface area contributed by atoms with E-state index in [0.29, 0.717) is 16.1 Å². The summed E-state index contributed by atoms with van der Waals surface area (Å²) in [7, 11) is 0. The van der Waals surface area contributed by atoms with Gasteiger partial charge in [-0.1, -0.05) is 23.7 Å². The fourth-order valence-electron chi connectivity index (χ4n) is 1.89. The number of halogens is 2. The first-order chi connectivity index (χ1) is 8.49. The number of carbonyl (C=O) groups is 1.